The van der Waals surface area contributed by atoms with Gasteiger partial charge in [-0.2, -0.15) is 11.8 Å². The summed E-state index contributed by atoms with van der Waals surface area (Å²) in [6, 6.07) is 8.16. The molecule has 2 N–H and O–H groups in total. The van der Waals surface area contributed by atoms with Crippen molar-refractivity contribution in [2.24, 2.45) is 4.99 Å². The van der Waals surface area contributed by atoms with Crippen molar-refractivity contribution in [3.05, 3.63) is 30.1 Å². The van der Waals surface area contributed by atoms with Crippen LogP contribution in [0.25, 0.3) is 11.0 Å². The summed E-state index contributed by atoms with van der Waals surface area (Å²) in [6.07, 6.45) is 2.06. The zero-order valence-electron chi connectivity index (χ0n) is 15.0. The lowest BCUT2D eigenvalue weighted by atomic mass is 10.3. The fourth-order valence-electron chi connectivity index (χ4n) is 2.98. The zero-order valence-corrected chi connectivity index (χ0v) is 18.1. The van der Waals surface area contributed by atoms with Crippen LogP contribution in [-0.4, -0.2) is 58.0 Å². The Labute approximate surface area is 171 Å². The van der Waals surface area contributed by atoms with Crippen LogP contribution >= 0.6 is 35.7 Å². The number of nitrogens with one attached hydrogen (secondary N) is 2. The van der Waals surface area contributed by atoms with Crippen molar-refractivity contribution in [2.45, 2.75) is 31.9 Å². The molecule has 3 rings (SSSR count). The molecule has 0 aliphatic carbocycles. The van der Waals surface area contributed by atoms with Gasteiger partial charge in [0, 0.05) is 43.6 Å². The minimum Gasteiger partial charge on any atom is -0.357 e. The molecule has 2 aromatic rings. The van der Waals surface area contributed by atoms with Gasteiger partial charge in [0.05, 0.1) is 11.0 Å². The third-order valence-corrected chi connectivity index (χ3v) is 5.65. The van der Waals surface area contributed by atoms with Crippen LogP contribution in [0.1, 0.15) is 26.1 Å². The average Bonchev–Trinajstić information content (AvgIpc) is 3.04. The van der Waals surface area contributed by atoms with Crippen LogP contribution in [0.5, 0.6) is 0 Å². The van der Waals surface area contributed by atoms with E-state index in [1.54, 1.807) is 0 Å². The Bertz CT molecular complexity index is 654. The van der Waals surface area contributed by atoms with E-state index in [1.807, 2.05) is 18.2 Å². The smallest absolute Gasteiger partial charge is 0.193 e. The Morgan fingerprint density at radius 1 is 1.40 bits per heavy atom. The molecule has 0 radical (unpaired) electrons. The lowest BCUT2D eigenvalue weighted by Gasteiger charge is -2.34. The number of aromatic amines is 1. The predicted octanol–water partition coefficient (Wildman–Crippen LogP) is 3.52. The number of guanidine groups is 1. The van der Waals surface area contributed by atoms with Crippen molar-refractivity contribution in [3.63, 3.8) is 0 Å². The van der Waals surface area contributed by atoms with Crippen molar-refractivity contribution in [3.8, 4) is 0 Å². The van der Waals surface area contributed by atoms with Crippen molar-refractivity contribution >= 4 is 52.7 Å². The molecule has 0 amide bonds. The lowest BCUT2D eigenvalue weighted by molar-refractivity contribution is 0.408. The van der Waals surface area contributed by atoms with E-state index in [0.717, 1.165) is 60.7 Å². The van der Waals surface area contributed by atoms with E-state index in [1.165, 1.54) is 12.2 Å². The second-order valence-corrected chi connectivity index (χ2v) is 7.44. The van der Waals surface area contributed by atoms with Crippen molar-refractivity contribution < 1.29 is 0 Å². The van der Waals surface area contributed by atoms with Crippen LogP contribution in [-0.2, 0) is 6.42 Å². The Kier molecular flexibility index (Phi) is 8.35. The van der Waals surface area contributed by atoms with Gasteiger partial charge in [0.25, 0.3) is 0 Å². The molecule has 25 heavy (non-hydrogen) atoms. The molecule has 1 aromatic heterocycles. The first-order chi connectivity index (χ1) is 11.8. The highest BCUT2D eigenvalue weighted by molar-refractivity contribution is 14.0. The number of aromatic nitrogens is 2. The second kappa shape index (κ2) is 10.3. The van der Waals surface area contributed by atoms with Crippen LogP contribution in [0.15, 0.2) is 29.3 Å². The van der Waals surface area contributed by atoms with Crippen molar-refractivity contribution in [1.29, 1.82) is 0 Å². The largest absolute Gasteiger partial charge is 0.357 e. The minimum absolute atomic E-state index is 0. The standard InChI is InChI=1S/C18H27N5S.HI/c1-3-14-13-23(11-12-24-14)18(19-4-2)20-10-9-17-21-15-7-5-6-8-16(15)22-17;/h5-8,14H,3-4,9-13H2,1-2H3,(H,19,20)(H,21,22);1H. The number of imidazole rings is 1. The second-order valence-electron chi connectivity index (χ2n) is 6.03. The topological polar surface area (TPSA) is 56.3 Å². The van der Waals surface area contributed by atoms with Gasteiger partial charge in [-0.05, 0) is 25.5 Å². The van der Waals surface area contributed by atoms with Crippen molar-refractivity contribution in [2.75, 3.05) is 31.9 Å². The number of benzene rings is 1. The highest BCUT2D eigenvalue weighted by atomic mass is 127. The van der Waals surface area contributed by atoms with Crippen molar-refractivity contribution in [1.82, 2.24) is 20.2 Å². The first kappa shape index (κ1) is 20.4. The summed E-state index contributed by atoms with van der Waals surface area (Å²) < 4.78 is 0. The molecule has 0 bridgehead atoms. The van der Waals surface area contributed by atoms with Crippen LogP contribution in [0.2, 0.25) is 0 Å². The molecule has 1 fully saturated rings. The molecule has 1 aliphatic rings. The first-order valence-electron chi connectivity index (χ1n) is 8.88. The zero-order chi connectivity index (χ0) is 16.8. The van der Waals surface area contributed by atoms with Gasteiger partial charge in [0.2, 0.25) is 0 Å². The summed E-state index contributed by atoms with van der Waals surface area (Å²) in [7, 11) is 0. The maximum Gasteiger partial charge on any atom is 0.193 e. The van der Waals surface area contributed by atoms with E-state index in [9.17, 15) is 0 Å². The Hall–Kier alpha value is -0.960. The SMILES string of the molecule is CCNC(=NCCc1nc2ccccc2[nH]1)N1CCSC(CC)C1.I. The molecular formula is C18H28IN5S. The number of rotatable bonds is 5. The van der Waals surface area contributed by atoms with E-state index in [4.69, 9.17) is 4.99 Å². The monoisotopic (exact) mass is 473 g/mol. The first-order valence-corrected chi connectivity index (χ1v) is 9.93. The Balaban J connectivity index is 0.00000225. The van der Waals surface area contributed by atoms with E-state index < -0.39 is 0 Å². The third kappa shape index (κ3) is 5.51. The van der Waals surface area contributed by atoms with Gasteiger partial charge < -0.3 is 15.2 Å². The summed E-state index contributed by atoms with van der Waals surface area (Å²) >= 11 is 2.09. The minimum atomic E-state index is 0. The molecule has 5 nitrogen and oxygen atoms in total. The fourth-order valence-corrected chi connectivity index (χ4v) is 4.16. The van der Waals surface area contributed by atoms with Crippen LogP contribution < -0.4 is 5.32 Å². The lowest BCUT2D eigenvalue weighted by Crippen LogP contribution is -2.48. The number of halogens is 1. The number of H-pyrrole nitrogens is 1. The summed E-state index contributed by atoms with van der Waals surface area (Å²) in [4.78, 5) is 15.3. The quantitative estimate of drug-likeness (QED) is 0.397. The molecule has 138 valence electrons. The summed E-state index contributed by atoms with van der Waals surface area (Å²) in [6.45, 7) is 8.24. The molecule has 2 heterocycles. The Morgan fingerprint density at radius 2 is 2.24 bits per heavy atom. The van der Waals surface area contributed by atoms with Crippen LogP contribution in [0.3, 0.4) is 0 Å². The Morgan fingerprint density at radius 3 is 3.00 bits per heavy atom. The summed E-state index contributed by atoms with van der Waals surface area (Å²) in [5, 5.41) is 4.17. The maximum atomic E-state index is 4.83. The third-order valence-electron chi connectivity index (χ3n) is 4.28. The predicted molar refractivity (Wildman–Crippen MR) is 119 cm³/mol. The van der Waals surface area contributed by atoms with Gasteiger partial charge in [-0.25, -0.2) is 4.98 Å². The maximum absolute atomic E-state index is 4.83. The van der Waals surface area contributed by atoms with Gasteiger partial charge in [-0.1, -0.05) is 19.1 Å². The van der Waals surface area contributed by atoms with Crippen LogP contribution in [0, 0.1) is 0 Å². The van der Waals surface area contributed by atoms with E-state index in [2.05, 4.69) is 51.9 Å². The fraction of sp³-hybridized carbons (Fsp3) is 0.556. The van der Waals surface area contributed by atoms with Crippen LogP contribution in [0.4, 0.5) is 0 Å². The van der Waals surface area contributed by atoms with Gasteiger partial charge in [-0.15, -0.1) is 24.0 Å². The molecule has 0 saturated carbocycles. The highest BCUT2D eigenvalue weighted by Gasteiger charge is 2.21. The summed E-state index contributed by atoms with van der Waals surface area (Å²) in [5.74, 6) is 3.25. The molecule has 0 spiro atoms. The number of hydrogen-bond donors (Lipinski definition) is 2. The molecule has 1 saturated heterocycles. The molecule has 1 atom stereocenters. The van der Waals surface area contributed by atoms with E-state index in [0.29, 0.717) is 0 Å². The number of nitrogens with zero attached hydrogens (tertiary/aromatic N) is 3. The van der Waals surface area contributed by atoms with E-state index in [-0.39, 0.29) is 24.0 Å². The number of fused-ring (bicyclic) bond motifs is 1. The number of hydrogen-bond acceptors (Lipinski definition) is 3. The number of para-hydroxylation sites is 2. The highest BCUT2D eigenvalue weighted by Crippen LogP contribution is 2.21. The van der Waals surface area contributed by atoms with Gasteiger partial charge >= 0.3 is 0 Å². The molecule has 1 aliphatic heterocycles. The van der Waals surface area contributed by atoms with Gasteiger partial charge in [-0.3, -0.25) is 4.99 Å². The number of aliphatic imine (C=N–C) groups is 1. The molecule has 7 heteroatoms. The molecule has 1 aromatic carbocycles. The van der Waals surface area contributed by atoms with Gasteiger partial charge in [0.1, 0.15) is 5.82 Å². The number of thioether (sulfide) groups is 1. The average molecular weight is 473 g/mol. The normalized spacial score (nSPS) is 18.2. The van der Waals surface area contributed by atoms with E-state index >= 15 is 0 Å². The molecular weight excluding hydrogens is 445 g/mol. The summed E-state index contributed by atoms with van der Waals surface area (Å²) in [5.41, 5.74) is 2.13. The molecule has 1 unspecified atom stereocenters. The van der Waals surface area contributed by atoms with Gasteiger partial charge in [0.15, 0.2) is 5.96 Å².